The number of hydrogen-bond acceptors (Lipinski definition) is 7. The van der Waals surface area contributed by atoms with Crippen LogP contribution >= 0.6 is 23.2 Å². The monoisotopic (exact) mass is 611 g/mol. The molecule has 0 saturated carbocycles. The van der Waals surface area contributed by atoms with Crippen LogP contribution < -0.4 is 15.4 Å². The van der Waals surface area contributed by atoms with Crippen LogP contribution in [0, 0.1) is 0 Å². The molecule has 3 heterocycles. The molecule has 3 N–H and O–H groups in total. The van der Waals surface area contributed by atoms with Gasteiger partial charge in [0.1, 0.15) is 23.7 Å². The number of amides is 1. The second-order valence-corrected chi connectivity index (χ2v) is 12.4. The largest absolute Gasteiger partial charge is 0.474 e. The van der Waals surface area contributed by atoms with Crippen molar-refractivity contribution in [3.05, 3.63) is 64.6 Å². The zero-order chi connectivity index (χ0) is 30.2. The molecule has 222 valence electrons. The molecule has 0 unspecified atom stereocenters. The number of piperidine rings is 1. The van der Waals surface area contributed by atoms with Gasteiger partial charge >= 0.3 is 0 Å². The Balaban J connectivity index is 1.69. The number of nitrogens with two attached hydrogens (primary N) is 1. The third-order valence-corrected chi connectivity index (χ3v) is 7.77. The molecule has 1 amide bonds. The van der Waals surface area contributed by atoms with Gasteiger partial charge in [-0.05, 0) is 51.5 Å². The average Bonchev–Trinajstić information content (AvgIpc) is 3.31. The van der Waals surface area contributed by atoms with Gasteiger partial charge in [-0.2, -0.15) is 14.6 Å². The van der Waals surface area contributed by atoms with E-state index in [9.17, 15) is 9.90 Å². The molecular formula is C31H35Cl2N5O4. The van der Waals surface area contributed by atoms with E-state index in [4.69, 9.17) is 48.5 Å². The summed E-state index contributed by atoms with van der Waals surface area (Å²) in [7, 11) is 0. The third-order valence-electron chi connectivity index (χ3n) is 7.19. The lowest BCUT2D eigenvalue weighted by Crippen LogP contribution is -2.55. The fourth-order valence-electron chi connectivity index (χ4n) is 5.22. The van der Waals surface area contributed by atoms with Crippen molar-refractivity contribution in [2.45, 2.75) is 57.8 Å². The molecule has 11 heteroatoms. The summed E-state index contributed by atoms with van der Waals surface area (Å²) in [6.07, 6.45) is 0.671. The highest BCUT2D eigenvalue weighted by Crippen LogP contribution is 2.41. The van der Waals surface area contributed by atoms with Crippen molar-refractivity contribution in [2.75, 3.05) is 24.6 Å². The lowest BCUT2D eigenvalue weighted by Gasteiger charge is -2.41. The minimum atomic E-state index is -1.07. The van der Waals surface area contributed by atoms with Crippen molar-refractivity contribution in [2.24, 2.45) is 5.73 Å². The Labute approximate surface area is 255 Å². The zero-order valence-corrected chi connectivity index (χ0v) is 25.6. The number of carbonyl (C=O) groups is 1. The van der Waals surface area contributed by atoms with Gasteiger partial charge in [0.25, 0.3) is 0 Å². The van der Waals surface area contributed by atoms with Gasteiger partial charge in [-0.25, -0.2) is 0 Å². The van der Waals surface area contributed by atoms with Crippen LogP contribution in [0.15, 0.2) is 54.6 Å². The highest BCUT2D eigenvalue weighted by molar-refractivity contribution is 6.33. The van der Waals surface area contributed by atoms with Crippen molar-refractivity contribution in [3.63, 3.8) is 0 Å². The Bertz CT molecular complexity index is 1590. The topological polar surface area (TPSA) is 115 Å². The number of aromatic nitrogens is 3. The van der Waals surface area contributed by atoms with Crippen LogP contribution in [-0.4, -0.2) is 62.6 Å². The van der Waals surface area contributed by atoms with Gasteiger partial charge < -0.3 is 25.2 Å². The van der Waals surface area contributed by atoms with Crippen LogP contribution in [0.1, 0.15) is 40.5 Å². The van der Waals surface area contributed by atoms with E-state index in [0.29, 0.717) is 59.0 Å². The maximum atomic E-state index is 12.5. The lowest BCUT2D eigenvalue weighted by atomic mass is 9.90. The summed E-state index contributed by atoms with van der Waals surface area (Å²) in [4.78, 5) is 19.5. The van der Waals surface area contributed by atoms with Gasteiger partial charge in [-0.3, -0.25) is 4.79 Å². The van der Waals surface area contributed by atoms with Crippen molar-refractivity contribution in [1.82, 2.24) is 14.6 Å². The Hall–Kier alpha value is -3.37. The number of carbonyl (C=O) groups excluding carboxylic acids is 1. The first-order valence-electron chi connectivity index (χ1n) is 13.9. The standard InChI is InChI=1S/C31H35Cl2N5O4/c1-19(2)42-31(29(34)39)13-15-37(16-14-31)25-17-24(41-18-30(3,4)40)35-28-26(20-9-11-21(32)12-10-20)27(36-38(25)28)22-7-5-6-8-23(22)33/h5-12,17,19,40H,13-16,18H2,1-4H3,(H2,34,39). The Kier molecular flexibility index (Phi) is 8.40. The number of ether oxygens (including phenoxy) is 2. The van der Waals surface area contributed by atoms with E-state index in [1.54, 1.807) is 24.4 Å². The summed E-state index contributed by atoms with van der Waals surface area (Å²) in [6, 6.07) is 16.8. The molecular weight excluding hydrogens is 577 g/mol. The molecule has 9 nitrogen and oxygen atoms in total. The van der Waals surface area contributed by atoms with Crippen LogP contribution in [-0.2, 0) is 9.53 Å². The quantitative estimate of drug-likeness (QED) is 0.247. The van der Waals surface area contributed by atoms with E-state index < -0.39 is 17.1 Å². The number of aliphatic hydroxyl groups is 1. The molecule has 0 atom stereocenters. The highest BCUT2D eigenvalue weighted by atomic mass is 35.5. The van der Waals surface area contributed by atoms with Crippen molar-refractivity contribution in [1.29, 1.82) is 0 Å². The number of benzene rings is 2. The molecule has 2 aromatic heterocycles. The van der Waals surface area contributed by atoms with Gasteiger partial charge in [0, 0.05) is 42.6 Å². The number of rotatable bonds is 9. The van der Waals surface area contributed by atoms with E-state index in [1.807, 2.05) is 62.4 Å². The molecule has 4 aromatic rings. The van der Waals surface area contributed by atoms with E-state index in [-0.39, 0.29) is 12.7 Å². The first-order valence-corrected chi connectivity index (χ1v) is 14.6. The SMILES string of the molecule is CC(C)OC1(C(N)=O)CCN(c2cc(OCC(C)(C)O)nc3c(-c4ccc(Cl)cc4)c(-c4ccccc4Cl)nn23)CC1. The fourth-order valence-corrected chi connectivity index (χ4v) is 5.58. The fraction of sp³-hybridized carbons (Fsp3) is 0.387. The van der Waals surface area contributed by atoms with Gasteiger partial charge in [-0.1, -0.05) is 53.5 Å². The van der Waals surface area contributed by atoms with Crippen LogP contribution in [0.4, 0.5) is 5.82 Å². The maximum absolute atomic E-state index is 12.5. The second kappa shape index (κ2) is 11.7. The summed E-state index contributed by atoms with van der Waals surface area (Å²) >= 11 is 12.9. The maximum Gasteiger partial charge on any atom is 0.249 e. The highest BCUT2D eigenvalue weighted by Gasteiger charge is 2.42. The lowest BCUT2D eigenvalue weighted by molar-refractivity contribution is -0.153. The number of hydrogen-bond donors (Lipinski definition) is 2. The van der Waals surface area contributed by atoms with E-state index in [2.05, 4.69) is 4.90 Å². The summed E-state index contributed by atoms with van der Waals surface area (Å²) in [6.45, 7) is 8.13. The number of anilines is 1. The molecule has 5 rings (SSSR count). The molecule has 42 heavy (non-hydrogen) atoms. The van der Waals surface area contributed by atoms with E-state index in [1.165, 1.54) is 0 Å². The summed E-state index contributed by atoms with van der Waals surface area (Å²) in [5.74, 6) is 0.572. The predicted octanol–water partition coefficient (Wildman–Crippen LogP) is 5.77. The Morgan fingerprint density at radius 2 is 1.79 bits per heavy atom. The number of halogens is 2. The number of fused-ring (bicyclic) bond motifs is 1. The van der Waals surface area contributed by atoms with Gasteiger partial charge in [0.2, 0.25) is 11.8 Å². The molecule has 0 bridgehead atoms. The summed E-state index contributed by atoms with van der Waals surface area (Å²) in [5, 5.41) is 16.6. The smallest absolute Gasteiger partial charge is 0.249 e. The molecule has 0 radical (unpaired) electrons. The molecule has 1 aliphatic rings. The first-order chi connectivity index (χ1) is 19.9. The third kappa shape index (κ3) is 6.20. The van der Waals surface area contributed by atoms with E-state index in [0.717, 1.165) is 16.7 Å². The van der Waals surface area contributed by atoms with Gasteiger partial charge in [-0.15, -0.1) is 0 Å². The Morgan fingerprint density at radius 1 is 1.12 bits per heavy atom. The molecule has 1 saturated heterocycles. The number of primary amides is 1. The minimum Gasteiger partial charge on any atom is -0.474 e. The Morgan fingerprint density at radius 3 is 2.38 bits per heavy atom. The predicted molar refractivity (Wildman–Crippen MR) is 165 cm³/mol. The van der Waals surface area contributed by atoms with Crippen LogP contribution in [0.2, 0.25) is 10.0 Å². The summed E-state index contributed by atoms with van der Waals surface area (Å²) in [5.41, 5.74) is 7.24. The molecule has 1 aliphatic heterocycles. The normalized spacial score (nSPS) is 15.4. The summed E-state index contributed by atoms with van der Waals surface area (Å²) < 4.78 is 13.9. The van der Waals surface area contributed by atoms with Crippen molar-refractivity contribution in [3.8, 4) is 28.3 Å². The zero-order valence-electron chi connectivity index (χ0n) is 24.1. The van der Waals surface area contributed by atoms with E-state index >= 15 is 0 Å². The van der Waals surface area contributed by atoms with Crippen LogP contribution in [0.3, 0.4) is 0 Å². The van der Waals surface area contributed by atoms with Crippen LogP contribution in [0.5, 0.6) is 5.88 Å². The first kappa shape index (κ1) is 30.1. The van der Waals surface area contributed by atoms with Gasteiger partial charge in [0.15, 0.2) is 5.65 Å². The molecule has 0 aliphatic carbocycles. The average molecular weight is 613 g/mol. The molecule has 1 fully saturated rings. The minimum absolute atomic E-state index is 0.0322. The van der Waals surface area contributed by atoms with Crippen LogP contribution in [0.25, 0.3) is 28.0 Å². The van der Waals surface area contributed by atoms with Crippen molar-refractivity contribution >= 4 is 40.6 Å². The number of nitrogens with zero attached hydrogens (tertiary/aromatic N) is 4. The molecule has 2 aromatic carbocycles. The molecule has 0 spiro atoms. The second-order valence-electron chi connectivity index (χ2n) is 11.5. The van der Waals surface area contributed by atoms with Gasteiger partial charge in [0.05, 0.1) is 22.3 Å². The van der Waals surface area contributed by atoms with Crippen molar-refractivity contribution < 1.29 is 19.4 Å².